The minimum atomic E-state index is -0.454. The maximum atomic E-state index is 12.2. The summed E-state index contributed by atoms with van der Waals surface area (Å²) in [6, 6.07) is 6.14. The first-order valence-corrected chi connectivity index (χ1v) is 8.13. The Morgan fingerprint density at radius 1 is 1.41 bits per heavy atom. The monoisotopic (exact) mass is 324 g/mol. The molecular weight excluding hydrogens is 300 g/mol. The lowest BCUT2D eigenvalue weighted by atomic mass is 10.1. The molecule has 1 saturated heterocycles. The molecule has 0 aromatic heterocycles. The topological polar surface area (TPSA) is 41.6 Å². The summed E-state index contributed by atoms with van der Waals surface area (Å²) in [6.45, 7) is 9.08. The van der Waals surface area contributed by atoms with Gasteiger partial charge in [0.1, 0.15) is 5.60 Å². The van der Waals surface area contributed by atoms with Crippen LogP contribution in [-0.4, -0.2) is 35.7 Å². The normalized spacial score (nSPS) is 19.0. The number of carbonyl (C=O) groups excluding carboxylic acids is 1. The zero-order chi connectivity index (χ0) is 16.3. The number of nitrogens with one attached hydrogen (secondary N) is 1. The number of aryl methyl sites for hydroxylation is 1. The van der Waals surface area contributed by atoms with Crippen molar-refractivity contribution in [1.29, 1.82) is 0 Å². The Morgan fingerprint density at radius 3 is 2.77 bits per heavy atom. The molecule has 1 unspecified atom stereocenters. The zero-order valence-electron chi connectivity index (χ0n) is 13.8. The third-order valence-corrected chi connectivity index (χ3v) is 4.03. The van der Waals surface area contributed by atoms with Crippen LogP contribution in [0.15, 0.2) is 18.2 Å². The third-order valence-electron chi connectivity index (χ3n) is 3.60. The highest BCUT2D eigenvalue weighted by Crippen LogP contribution is 2.22. The van der Waals surface area contributed by atoms with E-state index in [0.717, 1.165) is 35.7 Å². The number of nitrogens with zero attached hydrogens (tertiary/aromatic N) is 1. The Labute approximate surface area is 137 Å². The van der Waals surface area contributed by atoms with Crippen LogP contribution in [0.1, 0.15) is 39.2 Å². The summed E-state index contributed by atoms with van der Waals surface area (Å²) >= 11 is 6.05. The van der Waals surface area contributed by atoms with Crippen molar-refractivity contribution < 1.29 is 9.53 Å². The number of piperidine rings is 1. The molecule has 1 fully saturated rings. The van der Waals surface area contributed by atoms with Crippen molar-refractivity contribution in [2.75, 3.05) is 18.4 Å². The fourth-order valence-electron chi connectivity index (χ4n) is 2.56. The summed E-state index contributed by atoms with van der Waals surface area (Å²) in [5, 5.41) is 4.26. The molecule has 1 heterocycles. The van der Waals surface area contributed by atoms with E-state index in [-0.39, 0.29) is 12.1 Å². The number of anilines is 1. The zero-order valence-corrected chi connectivity index (χ0v) is 14.5. The molecule has 0 spiro atoms. The second-order valence-corrected chi connectivity index (χ2v) is 7.28. The Bertz CT molecular complexity index is 540. The van der Waals surface area contributed by atoms with E-state index in [4.69, 9.17) is 16.3 Å². The Morgan fingerprint density at radius 2 is 2.14 bits per heavy atom. The van der Waals surface area contributed by atoms with Gasteiger partial charge >= 0.3 is 6.09 Å². The fraction of sp³-hybridized carbons (Fsp3) is 0.588. The molecule has 1 aromatic carbocycles. The van der Waals surface area contributed by atoms with Gasteiger partial charge in [-0.05, 0) is 64.3 Å². The number of hydrogen-bond acceptors (Lipinski definition) is 3. The van der Waals surface area contributed by atoms with E-state index in [1.807, 2.05) is 45.9 Å². The van der Waals surface area contributed by atoms with Gasteiger partial charge in [0.2, 0.25) is 0 Å². The summed E-state index contributed by atoms with van der Waals surface area (Å²) in [5.41, 5.74) is 1.63. The van der Waals surface area contributed by atoms with Crippen LogP contribution in [0.4, 0.5) is 10.5 Å². The summed E-state index contributed by atoms with van der Waals surface area (Å²) in [7, 11) is 0. The highest BCUT2D eigenvalue weighted by atomic mass is 35.5. The van der Waals surface area contributed by atoms with Crippen molar-refractivity contribution >= 4 is 23.4 Å². The molecule has 1 aromatic rings. The molecular formula is C17H25ClN2O2. The van der Waals surface area contributed by atoms with Crippen LogP contribution >= 0.6 is 11.6 Å². The average molecular weight is 325 g/mol. The maximum Gasteiger partial charge on any atom is 0.410 e. The average Bonchev–Trinajstić information content (AvgIpc) is 2.41. The van der Waals surface area contributed by atoms with Crippen LogP contribution in [0.25, 0.3) is 0 Å². The van der Waals surface area contributed by atoms with E-state index < -0.39 is 5.60 Å². The van der Waals surface area contributed by atoms with Crippen LogP contribution in [0.2, 0.25) is 5.02 Å². The van der Waals surface area contributed by atoms with Crippen molar-refractivity contribution in [3.8, 4) is 0 Å². The molecule has 0 saturated carbocycles. The lowest BCUT2D eigenvalue weighted by Gasteiger charge is -2.34. The van der Waals surface area contributed by atoms with Crippen LogP contribution < -0.4 is 5.32 Å². The number of amides is 1. The Balaban J connectivity index is 1.95. The summed E-state index contributed by atoms with van der Waals surface area (Å²) in [5.74, 6) is 0. The van der Waals surface area contributed by atoms with Crippen LogP contribution in [0.5, 0.6) is 0 Å². The number of rotatable bonds is 2. The maximum absolute atomic E-state index is 12.2. The van der Waals surface area contributed by atoms with Gasteiger partial charge in [-0.2, -0.15) is 0 Å². The van der Waals surface area contributed by atoms with Gasteiger partial charge in [0, 0.05) is 29.8 Å². The minimum Gasteiger partial charge on any atom is -0.444 e. The molecule has 4 nitrogen and oxygen atoms in total. The summed E-state index contributed by atoms with van der Waals surface area (Å²) in [6.07, 6.45) is 1.79. The van der Waals surface area contributed by atoms with E-state index in [9.17, 15) is 4.79 Å². The van der Waals surface area contributed by atoms with Crippen molar-refractivity contribution in [2.45, 2.75) is 52.2 Å². The molecule has 2 rings (SSSR count). The predicted octanol–water partition coefficient (Wildman–Crippen LogP) is 4.46. The first-order chi connectivity index (χ1) is 10.2. The SMILES string of the molecule is Cc1cc(NC2CCCN(C(=O)OC(C)(C)C)C2)ccc1Cl. The van der Waals surface area contributed by atoms with Gasteiger partial charge in [0.25, 0.3) is 0 Å². The van der Waals surface area contributed by atoms with E-state index in [0.29, 0.717) is 6.54 Å². The van der Waals surface area contributed by atoms with Crippen molar-refractivity contribution in [3.05, 3.63) is 28.8 Å². The molecule has 5 heteroatoms. The quantitative estimate of drug-likeness (QED) is 0.873. The fourth-order valence-corrected chi connectivity index (χ4v) is 2.67. The largest absolute Gasteiger partial charge is 0.444 e. The molecule has 122 valence electrons. The van der Waals surface area contributed by atoms with Crippen LogP contribution in [-0.2, 0) is 4.74 Å². The highest BCUT2D eigenvalue weighted by molar-refractivity contribution is 6.31. The smallest absolute Gasteiger partial charge is 0.410 e. The lowest BCUT2D eigenvalue weighted by molar-refractivity contribution is 0.0206. The van der Waals surface area contributed by atoms with Gasteiger partial charge < -0.3 is 15.0 Å². The number of likely N-dealkylation sites (tertiary alicyclic amines) is 1. The van der Waals surface area contributed by atoms with Gasteiger partial charge in [-0.1, -0.05) is 11.6 Å². The molecule has 1 N–H and O–H groups in total. The predicted molar refractivity (Wildman–Crippen MR) is 90.6 cm³/mol. The van der Waals surface area contributed by atoms with E-state index in [1.54, 1.807) is 4.90 Å². The molecule has 0 bridgehead atoms. The number of ether oxygens (including phenoxy) is 1. The third kappa shape index (κ3) is 4.80. The molecule has 1 aliphatic rings. The van der Waals surface area contributed by atoms with Crippen molar-refractivity contribution in [1.82, 2.24) is 4.90 Å². The van der Waals surface area contributed by atoms with Crippen molar-refractivity contribution in [2.24, 2.45) is 0 Å². The van der Waals surface area contributed by atoms with Crippen LogP contribution in [0, 0.1) is 6.92 Å². The van der Waals surface area contributed by atoms with Gasteiger partial charge in [-0.3, -0.25) is 0 Å². The molecule has 0 radical (unpaired) electrons. The number of benzene rings is 1. The van der Waals surface area contributed by atoms with Gasteiger partial charge in [-0.25, -0.2) is 4.79 Å². The number of carbonyl (C=O) groups is 1. The molecule has 1 atom stereocenters. The first-order valence-electron chi connectivity index (χ1n) is 7.75. The second kappa shape index (κ2) is 6.78. The molecule has 0 aliphatic carbocycles. The molecule has 1 amide bonds. The Hall–Kier alpha value is -1.42. The molecule has 22 heavy (non-hydrogen) atoms. The molecule has 1 aliphatic heterocycles. The van der Waals surface area contributed by atoms with E-state index in [1.165, 1.54) is 0 Å². The Kier molecular flexibility index (Phi) is 5.22. The lowest BCUT2D eigenvalue weighted by Crippen LogP contribution is -2.46. The van der Waals surface area contributed by atoms with Gasteiger partial charge in [-0.15, -0.1) is 0 Å². The first kappa shape index (κ1) is 16.9. The second-order valence-electron chi connectivity index (χ2n) is 6.87. The summed E-state index contributed by atoms with van der Waals surface area (Å²) in [4.78, 5) is 14.0. The van der Waals surface area contributed by atoms with Crippen molar-refractivity contribution in [3.63, 3.8) is 0 Å². The highest BCUT2D eigenvalue weighted by Gasteiger charge is 2.27. The standard InChI is InChI=1S/C17H25ClN2O2/c1-12-10-13(7-8-15(12)18)19-14-6-5-9-20(11-14)16(21)22-17(2,3)4/h7-8,10,14,19H,5-6,9,11H2,1-4H3. The van der Waals surface area contributed by atoms with Crippen LogP contribution in [0.3, 0.4) is 0 Å². The minimum absolute atomic E-state index is 0.230. The van der Waals surface area contributed by atoms with Gasteiger partial charge in [0.05, 0.1) is 0 Å². The van der Waals surface area contributed by atoms with Gasteiger partial charge in [0.15, 0.2) is 0 Å². The van der Waals surface area contributed by atoms with E-state index >= 15 is 0 Å². The summed E-state index contributed by atoms with van der Waals surface area (Å²) < 4.78 is 5.45. The number of hydrogen-bond donors (Lipinski definition) is 1. The number of halogens is 1. The van der Waals surface area contributed by atoms with E-state index in [2.05, 4.69) is 5.32 Å².